The largest absolute Gasteiger partial charge is 1.00 e. The standard InChI is InChI=1S/C13H15N3O3.C2H6.Ru/c1-10(17)14-7-12(18)15-8-13(19)16(9-15)11-5-3-2-4-6-11;1-2;/h2-6H,7-9H2,1H3,(H,14,17);1-2H3;/q;;+1/p-1. The molecule has 6 nitrogen and oxygen atoms in total. The maximum absolute atomic E-state index is 11.9. The summed E-state index contributed by atoms with van der Waals surface area (Å²) in [6.07, 6.45) is 0. The molecule has 1 aromatic carbocycles. The van der Waals surface area contributed by atoms with Crippen LogP contribution in [0.3, 0.4) is 0 Å². The molecule has 1 aliphatic heterocycles. The quantitative estimate of drug-likeness (QED) is 0.738. The summed E-state index contributed by atoms with van der Waals surface area (Å²) in [7, 11) is 0. The Morgan fingerprint density at radius 2 is 1.77 bits per heavy atom. The van der Waals surface area contributed by atoms with Gasteiger partial charge in [-0.15, -0.1) is 0 Å². The maximum Gasteiger partial charge on any atom is 1.00 e. The number of carbonyl (C=O) groups excluding carboxylic acids is 3. The van der Waals surface area contributed by atoms with E-state index >= 15 is 0 Å². The van der Waals surface area contributed by atoms with E-state index in [9.17, 15) is 14.4 Å². The number of carbonyl (C=O) groups is 3. The zero-order chi connectivity index (χ0) is 15.8. The minimum Gasteiger partial charge on any atom is -0.646 e. The average Bonchev–Trinajstić information content (AvgIpc) is 2.90. The number of hydrogen-bond donors (Lipinski definition) is 0. The van der Waals surface area contributed by atoms with Crippen LogP contribution in [-0.4, -0.2) is 42.4 Å². The van der Waals surface area contributed by atoms with Gasteiger partial charge in [0, 0.05) is 11.6 Å². The summed E-state index contributed by atoms with van der Waals surface area (Å²) in [4.78, 5) is 37.3. The van der Waals surface area contributed by atoms with Gasteiger partial charge in [-0.05, 0) is 25.6 Å². The average molecular weight is 391 g/mol. The molecule has 1 heterocycles. The van der Waals surface area contributed by atoms with Crippen molar-refractivity contribution in [3.8, 4) is 0 Å². The second kappa shape index (κ2) is 10.1. The van der Waals surface area contributed by atoms with Crippen molar-refractivity contribution in [2.75, 3.05) is 24.7 Å². The molecule has 0 bridgehead atoms. The third kappa shape index (κ3) is 5.56. The number of benzene rings is 1. The summed E-state index contributed by atoms with van der Waals surface area (Å²) in [5.74, 6) is -0.844. The van der Waals surface area contributed by atoms with Crippen LogP contribution in [0.1, 0.15) is 20.8 Å². The fourth-order valence-corrected chi connectivity index (χ4v) is 1.83. The second-order valence-corrected chi connectivity index (χ2v) is 4.23. The molecular formula is C15H20N3O3Ru. The number of amides is 3. The minimum atomic E-state index is -0.390. The molecule has 1 saturated heterocycles. The summed E-state index contributed by atoms with van der Waals surface area (Å²) < 4.78 is 0. The molecule has 7 heteroatoms. The van der Waals surface area contributed by atoms with E-state index in [1.165, 1.54) is 16.7 Å². The van der Waals surface area contributed by atoms with Gasteiger partial charge in [0.05, 0.1) is 0 Å². The molecule has 0 aliphatic carbocycles. The Hall–Kier alpha value is -1.75. The van der Waals surface area contributed by atoms with Crippen LogP contribution in [0.4, 0.5) is 5.69 Å². The first kappa shape index (κ1) is 20.3. The van der Waals surface area contributed by atoms with Crippen LogP contribution < -0.4 is 4.90 Å². The molecule has 2 rings (SSSR count). The molecule has 1 fully saturated rings. The Kier molecular flexibility index (Phi) is 9.26. The molecule has 121 valence electrons. The van der Waals surface area contributed by atoms with Gasteiger partial charge in [-0.2, -0.15) is 0 Å². The normalized spacial score (nSPS) is 13.0. The molecule has 0 atom stereocenters. The van der Waals surface area contributed by atoms with Gasteiger partial charge < -0.3 is 15.0 Å². The van der Waals surface area contributed by atoms with Gasteiger partial charge in [-0.3, -0.25) is 14.5 Å². The van der Waals surface area contributed by atoms with Crippen molar-refractivity contribution in [2.45, 2.75) is 20.8 Å². The van der Waals surface area contributed by atoms with E-state index in [2.05, 4.69) is 5.32 Å². The monoisotopic (exact) mass is 392 g/mol. The first-order valence-corrected chi connectivity index (χ1v) is 6.89. The smallest absolute Gasteiger partial charge is 0.646 e. The Bertz CT molecular complexity index is 508. The summed E-state index contributed by atoms with van der Waals surface area (Å²) in [6, 6.07) is 9.15. The number of hydrogen-bond acceptors (Lipinski definition) is 3. The molecule has 0 spiro atoms. The van der Waals surface area contributed by atoms with E-state index in [0.29, 0.717) is 0 Å². The van der Waals surface area contributed by atoms with E-state index in [4.69, 9.17) is 0 Å². The number of para-hydroxylation sites is 1. The van der Waals surface area contributed by atoms with Gasteiger partial charge in [0.2, 0.25) is 11.8 Å². The molecule has 22 heavy (non-hydrogen) atoms. The molecule has 0 N–H and O–H groups in total. The van der Waals surface area contributed by atoms with Crippen LogP contribution in [-0.2, 0) is 33.9 Å². The van der Waals surface area contributed by atoms with Crippen molar-refractivity contribution in [3.63, 3.8) is 0 Å². The SMILES string of the molecule is CC.CC(=O)[N-]CC(=O)N1CC(=O)N(c2ccccc2)C1.[Ru+]. The molecule has 3 amide bonds. The van der Waals surface area contributed by atoms with E-state index in [1.807, 2.05) is 44.2 Å². The maximum atomic E-state index is 11.9. The van der Waals surface area contributed by atoms with Crippen LogP contribution in [0, 0.1) is 0 Å². The summed E-state index contributed by atoms with van der Waals surface area (Å²) >= 11 is 0. The predicted octanol–water partition coefficient (Wildman–Crippen LogP) is 1.76. The van der Waals surface area contributed by atoms with Crippen molar-refractivity contribution in [1.82, 2.24) is 4.90 Å². The summed E-state index contributed by atoms with van der Waals surface area (Å²) in [6.45, 7) is 5.32. The Morgan fingerprint density at radius 1 is 1.18 bits per heavy atom. The third-order valence-electron chi connectivity index (χ3n) is 2.80. The zero-order valence-corrected chi connectivity index (χ0v) is 14.7. The number of nitrogens with zero attached hydrogens (tertiary/aromatic N) is 3. The predicted molar refractivity (Wildman–Crippen MR) is 80.8 cm³/mol. The van der Waals surface area contributed by atoms with Gasteiger partial charge in [-0.1, -0.05) is 32.0 Å². The molecule has 1 aliphatic rings. The number of rotatable bonds is 3. The Labute approximate surface area is 143 Å². The van der Waals surface area contributed by atoms with Gasteiger partial charge in [0.1, 0.15) is 13.2 Å². The molecule has 1 radical (unpaired) electrons. The summed E-state index contributed by atoms with van der Waals surface area (Å²) in [5, 5.41) is 3.53. The van der Waals surface area contributed by atoms with Gasteiger partial charge in [0.15, 0.2) is 0 Å². The first-order valence-electron chi connectivity index (χ1n) is 6.89. The van der Waals surface area contributed by atoms with Crippen LogP contribution in [0.5, 0.6) is 0 Å². The fraction of sp³-hybridized carbons (Fsp3) is 0.400. The molecular weight excluding hydrogens is 371 g/mol. The van der Waals surface area contributed by atoms with Crippen LogP contribution in [0.25, 0.3) is 5.32 Å². The van der Waals surface area contributed by atoms with Gasteiger partial charge in [-0.25, -0.2) is 0 Å². The van der Waals surface area contributed by atoms with Gasteiger partial charge in [0.25, 0.3) is 0 Å². The first-order chi connectivity index (χ1) is 10.1. The molecule has 0 aromatic heterocycles. The van der Waals surface area contributed by atoms with E-state index in [0.717, 1.165) is 5.69 Å². The topological polar surface area (TPSA) is 71.8 Å². The van der Waals surface area contributed by atoms with Crippen molar-refractivity contribution >= 4 is 23.4 Å². The fourth-order valence-electron chi connectivity index (χ4n) is 1.83. The van der Waals surface area contributed by atoms with E-state index in [1.54, 1.807) is 0 Å². The van der Waals surface area contributed by atoms with Crippen LogP contribution in [0.2, 0.25) is 0 Å². The Morgan fingerprint density at radius 3 is 2.32 bits per heavy atom. The molecule has 0 unspecified atom stereocenters. The minimum absolute atomic E-state index is 0. The van der Waals surface area contributed by atoms with Crippen molar-refractivity contribution in [3.05, 3.63) is 35.6 Å². The second-order valence-electron chi connectivity index (χ2n) is 4.23. The number of anilines is 1. The van der Waals surface area contributed by atoms with Crippen LogP contribution >= 0.6 is 0 Å². The molecule has 0 saturated carbocycles. The van der Waals surface area contributed by atoms with Gasteiger partial charge >= 0.3 is 19.5 Å². The van der Waals surface area contributed by atoms with Crippen molar-refractivity contribution < 1.29 is 33.9 Å². The zero-order valence-electron chi connectivity index (χ0n) is 12.9. The van der Waals surface area contributed by atoms with E-state index < -0.39 is 5.91 Å². The third-order valence-corrected chi connectivity index (χ3v) is 2.80. The van der Waals surface area contributed by atoms with Crippen LogP contribution in [0.15, 0.2) is 30.3 Å². The van der Waals surface area contributed by atoms with Crippen molar-refractivity contribution in [1.29, 1.82) is 0 Å². The molecule has 1 aromatic rings. The van der Waals surface area contributed by atoms with E-state index in [-0.39, 0.29) is 51.1 Å². The Balaban J connectivity index is 0.00000141. The summed E-state index contributed by atoms with van der Waals surface area (Å²) in [5.41, 5.74) is 0.756. The van der Waals surface area contributed by atoms with Crippen molar-refractivity contribution in [2.24, 2.45) is 0 Å².